The van der Waals surface area contributed by atoms with Crippen molar-refractivity contribution in [2.24, 2.45) is 0 Å². The van der Waals surface area contributed by atoms with Crippen LogP contribution in [-0.4, -0.2) is 19.9 Å². The summed E-state index contributed by atoms with van der Waals surface area (Å²) >= 11 is 11.8. The zero-order chi connectivity index (χ0) is 14.7. The molecular weight excluding hydrogens is 293 g/mol. The number of nitrogens with zero attached hydrogens (tertiary/aromatic N) is 1. The van der Waals surface area contributed by atoms with E-state index in [1.54, 1.807) is 12.1 Å². The van der Waals surface area contributed by atoms with Crippen LogP contribution in [0.25, 0.3) is 0 Å². The van der Waals surface area contributed by atoms with Gasteiger partial charge in [0.25, 0.3) is 0 Å². The molecule has 0 bridgehead atoms. The molecular formula is C16H15Cl2NO. The normalized spacial score (nSPS) is 10.4. The van der Waals surface area contributed by atoms with Crippen molar-refractivity contribution in [1.82, 2.24) is 0 Å². The van der Waals surface area contributed by atoms with Crippen LogP contribution in [0.15, 0.2) is 42.5 Å². The molecule has 20 heavy (non-hydrogen) atoms. The van der Waals surface area contributed by atoms with E-state index in [4.69, 9.17) is 23.2 Å². The first kappa shape index (κ1) is 14.9. The van der Waals surface area contributed by atoms with E-state index >= 15 is 0 Å². The minimum atomic E-state index is 0.0636. The molecule has 0 aliphatic carbocycles. The van der Waals surface area contributed by atoms with Gasteiger partial charge in [0.05, 0.1) is 10.0 Å². The molecule has 4 heteroatoms. The molecule has 0 spiro atoms. The largest absolute Gasteiger partial charge is 0.378 e. The standard InChI is InChI=1S/C16H15Cl2NO/c1-19(2)13-6-4-12(5-7-13)16(20)10-11-3-8-14(17)15(18)9-11/h3-9H,10H2,1-2H3. The van der Waals surface area contributed by atoms with E-state index in [2.05, 4.69) is 0 Å². The molecule has 0 fully saturated rings. The van der Waals surface area contributed by atoms with Gasteiger partial charge in [0.1, 0.15) is 0 Å². The number of carbonyl (C=O) groups is 1. The van der Waals surface area contributed by atoms with Crippen LogP contribution >= 0.6 is 23.2 Å². The van der Waals surface area contributed by atoms with Gasteiger partial charge in [-0.25, -0.2) is 0 Å². The Hall–Kier alpha value is -1.51. The van der Waals surface area contributed by atoms with Crippen LogP contribution in [0.5, 0.6) is 0 Å². The Morgan fingerprint density at radius 1 is 1.00 bits per heavy atom. The van der Waals surface area contributed by atoms with Crippen molar-refractivity contribution in [3.05, 3.63) is 63.6 Å². The molecule has 0 heterocycles. The fraction of sp³-hybridized carbons (Fsp3) is 0.188. The van der Waals surface area contributed by atoms with Gasteiger partial charge in [0.15, 0.2) is 5.78 Å². The lowest BCUT2D eigenvalue weighted by molar-refractivity contribution is 0.0993. The Kier molecular flexibility index (Phi) is 4.69. The second kappa shape index (κ2) is 6.29. The van der Waals surface area contributed by atoms with E-state index in [0.29, 0.717) is 22.0 Å². The van der Waals surface area contributed by atoms with Gasteiger partial charge < -0.3 is 4.90 Å². The van der Waals surface area contributed by atoms with Gasteiger partial charge >= 0.3 is 0 Å². The summed E-state index contributed by atoms with van der Waals surface area (Å²) in [4.78, 5) is 14.2. The van der Waals surface area contributed by atoms with E-state index in [0.717, 1.165) is 11.3 Å². The maximum Gasteiger partial charge on any atom is 0.167 e. The lowest BCUT2D eigenvalue weighted by Crippen LogP contribution is -2.09. The molecule has 0 radical (unpaired) electrons. The van der Waals surface area contributed by atoms with E-state index < -0.39 is 0 Å². The number of hydrogen-bond acceptors (Lipinski definition) is 2. The predicted molar refractivity (Wildman–Crippen MR) is 85.3 cm³/mol. The third kappa shape index (κ3) is 3.53. The molecule has 0 unspecified atom stereocenters. The number of carbonyl (C=O) groups excluding carboxylic acids is 1. The van der Waals surface area contributed by atoms with E-state index in [1.165, 1.54) is 0 Å². The average molecular weight is 308 g/mol. The Balaban J connectivity index is 2.13. The Morgan fingerprint density at radius 3 is 2.20 bits per heavy atom. The molecule has 2 aromatic carbocycles. The Morgan fingerprint density at radius 2 is 1.65 bits per heavy atom. The van der Waals surface area contributed by atoms with Crippen molar-refractivity contribution in [2.45, 2.75) is 6.42 Å². The fourth-order valence-electron chi connectivity index (χ4n) is 1.88. The van der Waals surface area contributed by atoms with Crippen molar-refractivity contribution in [3.63, 3.8) is 0 Å². The number of rotatable bonds is 4. The second-order valence-electron chi connectivity index (χ2n) is 4.79. The van der Waals surface area contributed by atoms with E-state index in [1.807, 2.05) is 49.3 Å². The number of Topliss-reactive ketones (excluding diaryl/α,β-unsaturated/α-hetero) is 1. The highest BCUT2D eigenvalue weighted by molar-refractivity contribution is 6.42. The summed E-state index contributed by atoms with van der Waals surface area (Å²) in [6.45, 7) is 0. The van der Waals surface area contributed by atoms with E-state index in [-0.39, 0.29) is 5.78 Å². The quantitative estimate of drug-likeness (QED) is 0.776. The van der Waals surface area contributed by atoms with Crippen molar-refractivity contribution < 1.29 is 4.79 Å². The highest BCUT2D eigenvalue weighted by Crippen LogP contribution is 2.23. The topological polar surface area (TPSA) is 20.3 Å². The smallest absolute Gasteiger partial charge is 0.167 e. The van der Waals surface area contributed by atoms with Gasteiger partial charge in [-0.15, -0.1) is 0 Å². The predicted octanol–water partition coefficient (Wildman–Crippen LogP) is 4.48. The third-order valence-electron chi connectivity index (χ3n) is 3.05. The molecule has 0 N–H and O–H groups in total. The van der Waals surface area contributed by atoms with Gasteiger partial charge in [0.2, 0.25) is 0 Å². The average Bonchev–Trinajstić information content (AvgIpc) is 2.43. The molecule has 0 amide bonds. The molecule has 2 nitrogen and oxygen atoms in total. The molecule has 0 aliphatic heterocycles. The van der Waals surface area contributed by atoms with Gasteiger partial charge in [-0.3, -0.25) is 4.79 Å². The van der Waals surface area contributed by atoms with Gasteiger partial charge in [-0.05, 0) is 42.0 Å². The molecule has 2 rings (SSSR count). The maximum atomic E-state index is 12.2. The number of hydrogen-bond donors (Lipinski definition) is 0. The van der Waals surface area contributed by atoms with Crippen molar-refractivity contribution in [1.29, 1.82) is 0 Å². The summed E-state index contributed by atoms with van der Waals surface area (Å²) in [5, 5.41) is 0.970. The fourth-order valence-corrected chi connectivity index (χ4v) is 2.20. The monoisotopic (exact) mass is 307 g/mol. The first-order valence-electron chi connectivity index (χ1n) is 6.22. The van der Waals surface area contributed by atoms with Crippen LogP contribution in [0.4, 0.5) is 5.69 Å². The lowest BCUT2D eigenvalue weighted by Gasteiger charge is -2.12. The Bertz CT molecular complexity index is 621. The number of ketones is 1. The first-order valence-corrected chi connectivity index (χ1v) is 6.97. The van der Waals surface area contributed by atoms with Crippen LogP contribution < -0.4 is 4.90 Å². The maximum absolute atomic E-state index is 12.2. The molecule has 0 atom stereocenters. The lowest BCUT2D eigenvalue weighted by atomic mass is 10.0. The molecule has 0 aromatic heterocycles. The molecule has 104 valence electrons. The highest BCUT2D eigenvalue weighted by Gasteiger charge is 2.09. The third-order valence-corrected chi connectivity index (χ3v) is 3.79. The molecule has 2 aromatic rings. The zero-order valence-corrected chi connectivity index (χ0v) is 12.9. The zero-order valence-electron chi connectivity index (χ0n) is 11.4. The molecule has 0 saturated carbocycles. The van der Waals surface area contributed by atoms with Gasteiger partial charge in [0, 0.05) is 31.8 Å². The second-order valence-corrected chi connectivity index (χ2v) is 5.60. The minimum absolute atomic E-state index is 0.0636. The van der Waals surface area contributed by atoms with Crippen molar-refractivity contribution in [3.8, 4) is 0 Å². The summed E-state index contributed by atoms with van der Waals surface area (Å²) in [6.07, 6.45) is 0.318. The number of halogens is 2. The first-order chi connectivity index (χ1) is 9.47. The van der Waals surface area contributed by atoms with Crippen LogP contribution in [0.1, 0.15) is 15.9 Å². The highest BCUT2D eigenvalue weighted by atomic mass is 35.5. The van der Waals surface area contributed by atoms with Crippen LogP contribution in [0.2, 0.25) is 10.0 Å². The van der Waals surface area contributed by atoms with Crippen molar-refractivity contribution >= 4 is 34.7 Å². The summed E-state index contributed by atoms with van der Waals surface area (Å²) in [6, 6.07) is 12.8. The minimum Gasteiger partial charge on any atom is -0.378 e. The number of anilines is 1. The summed E-state index contributed by atoms with van der Waals surface area (Å²) in [5.74, 6) is 0.0636. The van der Waals surface area contributed by atoms with Crippen molar-refractivity contribution in [2.75, 3.05) is 19.0 Å². The molecule has 0 aliphatic rings. The van der Waals surface area contributed by atoms with Crippen LogP contribution in [0, 0.1) is 0 Å². The molecule has 0 saturated heterocycles. The summed E-state index contributed by atoms with van der Waals surface area (Å²) in [5.41, 5.74) is 2.62. The van der Waals surface area contributed by atoms with Crippen LogP contribution in [0.3, 0.4) is 0 Å². The SMILES string of the molecule is CN(C)c1ccc(C(=O)Cc2ccc(Cl)c(Cl)c2)cc1. The summed E-state index contributed by atoms with van der Waals surface area (Å²) < 4.78 is 0. The van der Waals surface area contributed by atoms with E-state index in [9.17, 15) is 4.79 Å². The number of benzene rings is 2. The van der Waals surface area contributed by atoms with Crippen LogP contribution in [-0.2, 0) is 6.42 Å². The van der Waals surface area contributed by atoms with Gasteiger partial charge in [-0.2, -0.15) is 0 Å². The van der Waals surface area contributed by atoms with Gasteiger partial charge in [-0.1, -0.05) is 29.3 Å². The Labute approximate surface area is 128 Å². The summed E-state index contributed by atoms with van der Waals surface area (Å²) in [7, 11) is 3.93.